The van der Waals surface area contributed by atoms with Gasteiger partial charge in [0, 0.05) is 56.1 Å². The van der Waals surface area contributed by atoms with E-state index in [9.17, 15) is 4.79 Å². The van der Waals surface area contributed by atoms with E-state index in [1.54, 1.807) is 12.4 Å². The molecule has 17 heavy (non-hydrogen) atoms. The lowest BCUT2D eigenvalue weighted by Gasteiger charge is -2.40. The minimum atomic E-state index is -0.0591. The van der Waals surface area contributed by atoms with Crippen LogP contribution in [0.1, 0.15) is 30.6 Å². The fourth-order valence-corrected chi connectivity index (χ4v) is 2.37. The summed E-state index contributed by atoms with van der Waals surface area (Å²) < 4.78 is 0. The van der Waals surface area contributed by atoms with E-state index in [1.165, 1.54) is 0 Å². The second-order valence-electron chi connectivity index (χ2n) is 5.25. The number of hydrogen-bond acceptors (Lipinski definition) is 3. The van der Waals surface area contributed by atoms with E-state index >= 15 is 0 Å². The third-order valence-corrected chi connectivity index (χ3v) is 3.49. The monoisotopic (exact) mass is 235 g/mol. The fourth-order valence-electron chi connectivity index (χ4n) is 2.37. The molecule has 0 saturated carbocycles. The largest absolute Gasteiger partial charge is 0.367 e. The Morgan fingerprint density at radius 1 is 1.41 bits per heavy atom. The van der Waals surface area contributed by atoms with Crippen molar-refractivity contribution in [3.05, 3.63) is 24.0 Å². The van der Waals surface area contributed by atoms with Gasteiger partial charge in [-0.1, -0.05) is 0 Å². The molecule has 2 heterocycles. The maximum Gasteiger partial charge on any atom is 0.166 e. The van der Waals surface area contributed by atoms with Crippen molar-refractivity contribution in [1.29, 1.82) is 0 Å². The molecule has 0 spiro atoms. The first-order valence-electron chi connectivity index (χ1n) is 6.21. The molecule has 1 saturated heterocycles. The Bertz CT molecular complexity index is 364. The van der Waals surface area contributed by atoms with Crippen LogP contribution in [-0.4, -0.2) is 47.4 Å². The highest BCUT2D eigenvalue weighted by Gasteiger charge is 2.30. The van der Waals surface area contributed by atoms with Crippen LogP contribution in [0, 0.1) is 0 Å². The molecule has 0 atom stereocenters. The molecule has 0 bridgehead atoms. The van der Waals surface area contributed by atoms with Gasteiger partial charge >= 0.3 is 0 Å². The van der Waals surface area contributed by atoms with E-state index in [2.05, 4.69) is 29.0 Å². The second-order valence-corrected chi connectivity index (χ2v) is 5.25. The lowest BCUT2D eigenvalue weighted by atomic mass is 9.92. The van der Waals surface area contributed by atoms with Gasteiger partial charge in [-0.15, -0.1) is 0 Å². The van der Waals surface area contributed by atoms with Gasteiger partial charge in [-0.05, 0) is 19.9 Å². The molecule has 0 aromatic carbocycles. The molecule has 2 N–H and O–H groups in total. The normalized spacial score (nSPS) is 18.2. The number of rotatable bonds is 4. The molecular weight excluding hydrogens is 214 g/mol. The number of hydrogen-bond donors (Lipinski definition) is 2. The summed E-state index contributed by atoms with van der Waals surface area (Å²) in [7, 11) is 0. The Hall–Kier alpha value is -1.13. The van der Waals surface area contributed by atoms with Crippen LogP contribution in [0.2, 0.25) is 0 Å². The smallest absolute Gasteiger partial charge is 0.166 e. The zero-order chi connectivity index (χ0) is 12.3. The van der Waals surface area contributed by atoms with E-state index < -0.39 is 0 Å². The zero-order valence-corrected chi connectivity index (χ0v) is 10.6. The minimum absolute atomic E-state index is 0.0591. The molecule has 1 aliphatic rings. The van der Waals surface area contributed by atoms with E-state index in [0.717, 1.165) is 31.7 Å². The lowest BCUT2D eigenvalue weighted by Crippen LogP contribution is -2.54. The first-order valence-corrected chi connectivity index (χ1v) is 6.21. The van der Waals surface area contributed by atoms with Crippen molar-refractivity contribution in [3.63, 3.8) is 0 Å². The Balaban J connectivity index is 1.98. The molecule has 2 rings (SSSR count). The maximum absolute atomic E-state index is 12.1. The van der Waals surface area contributed by atoms with Crippen LogP contribution in [0.15, 0.2) is 18.5 Å². The van der Waals surface area contributed by atoms with Crippen LogP contribution in [0.3, 0.4) is 0 Å². The number of H-pyrrole nitrogens is 1. The summed E-state index contributed by atoms with van der Waals surface area (Å²) in [5, 5.41) is 3.34. The number of nitrogens with zero attached hydrogens (tertiary/aromatic N) is 1. The molecule has 0 aliphatic carbocycles. The Morgan fingerprint density at radius 2 is 2.12 bits per heavy atom. The molecule has 4 heteroatoms. The van der Waals surface area contributed by atoms with Gasteiger partial charge in [0.05, 0.1) is 0 Å². The highest BCUT2D eigenvalue weighted by molar-refractivity contribution is 5.96. The van der Waals surface area contributed by atoms with Crippen molar-refractivity contribution >= 4 is 5.78 Å². The quantitative estimate of drug-likeness (QED) is 0.773. The summed E-state index contributed by atoms with van der Waals surface area (Å²) in [6.07, 6.45) is 4.14. The van der Waals surface area contributed by atoms with Gasteiger partial charge in [0.2, 0.25) is 0 Å². The summed E-state index contributed by atoms with van der Waals surface area (Å²) >= 11 is 0. The second kappa shape index (κ2) is 5.02. The average Bonchev–Trinajstić information content (AvgIpc) is 2.83. The van der Waals surface area contributed by atoms with E-state index in [0.29, 0.717) is 6.42 Å². The van der Waals surface area contributed by atoms with Crippen molar-refractivity contribution in [2.75, 3.05) is 26.2 Å². The van der Waals surface area contributed by atoms with Crippen LogP contribution in [-0.2, 0) is 0 Å². The van der Waals surface area contributed by atoms with Gasteiger partial charge in [-0.25, -0.2) is 0 Å². The van der Waals surface area contributed by atoms with Crippen LogP contribution in [0.25, 0.3) is 0 Å². The van der Waals surface area contributed by atoms with Gasteiger partial charge < -0.3 is 10.3 Å². The van der Waals surface area contributed by atoms with Gasteiger partial charge in [0.1, 0.15) is 0 Å². The lowest BCUT2D eigenvalue weighted by molar-refractivity contribution is 0.0730. The van der Waals surface area contributed by atoms with Crippen molar-refractivity contribution in [3.8, 4) is 0 Å². The highest BCUT2D eigenvalue weighted by atomic mass is 16.1. The first-order chi connectivity index (χ1) is 8.09. The zero-order valence-electron chi connectivity index (χ0n) is 10.6. The fraction of sp³-hybridized carbons (Fsp3) is 0.615. The summed E-state index contributed by atoms with van der Waals surface area (Å²) in [6, 6.07) is 1.84. The number of carbonyl (C=O) groups is 1. The van der Waals surface area contributed by atoms with E-state index in [1.807, 2.05) is 6.07 Å². The van der Waals surface area contributed by atoms with E-state index in [4.69, 9.17) is 0 Å². The molecule has 1 aliphatic heterocycles. The molecule has 1 aromatic heterocycles. The summed E-state index contributed by atoms with van der Waals surface area (Å²) in [5.41, 5.74) is 0.726. The van der Waals surface area contributed by atoms with Crippen molar-refractivity contribution in [2.24, 2.45) is 0 Å². The van der Waals surface area contributed by atoms with Gasteiger partial charge in [0.25, 0.3) is 0 Å². The summed E-state index contributed by atoms with van der Waals surface area (Å²) in [6.45, 7) is 8.39. The molecule has 1 fully saturated rings. The van der Waals surface area contributed by atoms with Crippen LogP contribution >= 0.6 is 0 Å². The topological polar surface area (TPSA) is 48.1 Å². The molecule has 0 unspecified atom stereocenters. The molecular formula is C13H21N3O. The molecule has 0 radical (unpaired) electrons. The van der Waals surface area contributed by atoms with Gasteiger partial charge in [0.15, 0.2) is 5.78 Å². The Morgan fingerprint density at radius 3 is 2.71 bits per heavy atom. The number of Topliss-reactive ketones (excluding diaryl/α,β-unsaturated/α-hetero) is 1. The standard InChI is InChI=1S/C13H21N3O/c1-13(2,16-7-5-14-6-8-16)9-12(17)11-3-4-15-10-11/h3-4,10,14-15H,5-9H2,1-2H3. The highest BCUT2D eigenvalue weighted by Crippen LogP contribution is 2.21. The van der Waals surface area contributed by atoms with Crippen LogP contribution in [0.4, 0.5) is 0 Å². The summed E-state index contributed by atoms with van der Waals surface area (Å²) in [5.74, 6) is 0.217. The van der Waals surface area contributed by atoms with Crippen molar-refractivity contribution in [2.45, 2.75) is 25.8 Å². The third kappa shape index (κ3) is 2.96. The van der Waals surface area contributed by atoms with E-state index in [-0.39, 0.29) is 11.3 Å². The first kappa shape index (κ1) is 12.3. The Labute approximate surface area is 102 Å². The number of carbonyl (C=O) groups excluding carboxylic acids is 1. The Kier molecular flexibility index (Phi) is 3.64. The number of piperazine rings is 1. The third-order valence-electron chi connectivity index (χ3n) is 3.49. The van der Waals surface area contributed by atoms with Gasteiger partial charge in [-0.3, -0.25) is 9.69 Å². The van der Waals surface area contributed by atoms with Crippen molar-refractivity contribution in [1.82, 2.24) is 15.2 Å². The summed E-state index contributed by atoms with van der Waals surface area (Å²) in [4.78, 5) is 17.4. The molecule has 94 valence electrons. The minimum Gasteiger partial charge on any atom is -0.367 e. The van der Waals surface area contributed by atoms with Crippen LogP contribution in [0.5, 0.6) is 0 Å². The molecule has 1 aromatic rings. The predicted molar refractivity (Wildman–Crippen MR) is 68.3 cm³/mol. The number of aromatic nitrogens is 1. The SMILES string of the molecule is CC(C)(CC(=O)c1cc[nH]c1)N1CCNCC1. The average molecular weight is 235 g/mol. The molecule has 0 amide bonds. The van der Waals surface area contributed by atoms with Crippen LogP contribution < -0.4 is 5.32 Å². The van der Waals surface area contributed by atoms with Crippen molar-refractivity contribution < 1.29 is 4.79 Å². The number of ketones is 1. The molecule has 4 nitrogen and oxygen atoms in total. The maximum atomic E-state index is 12.1. The number of nitrogens with one attached hydrogen (secondary N) is 2. The predicted octanol–water partition coefficient (Wildman–Crippen LogP) is 1.27. The van der Waals surface area contributed by atoms with Gasteiger partial charge in [-0.2, -0.15) is 0 Å². The number of aromatic amines is 1.